The van der Waals surface area contributed by atoms with Gasteiger partial charge in [-0.15, -0.1) is 0 Å². The summed E-state index contributed by atoms with van der Waals surface area (Å²) in [5.41, 5.74) is 8.59. The van der Waals surface area contributed by atoms with Gasteiger partial charge < -0.3 is 10.1 Å². The van der Waals surface area contributed by atoms with Crippen molar-refractivity contribution in [1.82, 2.24) is 9.97 Å². The molecule has 4 rings (SSSR count). The minimum atomic E-state index is -0.103. The van der Waals surface area contributed by atoms with E-state index in [4.69, 9.17) is 0 Å². The van der Waals surface area contributed by atoms with Gasteiger partial charge in [0.1, 0.15) is 0 Å². The first-order valence-electron chi connectivity index (χ1n) is 10.2. The van der Waals surface area contributed by atoms with Crippen molar-refractivity contribution in [2.45, 2.75) is 71.3 Å². The van der Waals surface area contributed by atoms with Gasteiger partial charge in [0.05, 0.1) is 11.8 Å². The number of nitrogens with one attached hydrogen (secondary N) is 1. The van der Waals surface area contributed by atoms with Crippen LogP contribution in [0.25, 0.3) is 22.2 Å². The lowest BCUT2D eigenvalue weighted by molar-refractivity contribution is 0.122. The number of aliphatic hydroxyl groups excluding tert-OH is 1. The summed E-state index contributed by atoms with van der Waals surface area (Å²) < 4.78 is 0. The molecule has 2 aromatic heterocycles. The summed E-state index contributed by atoms with van der Waals surface area (Å²) in [4.78, 5) is 8.22. The largest absolute Gasteiger partial charge is 0.393 e. The Morgan fingerprint density at radius 3 is 2.30 bits per heavy atom. The molecule has 1 aromatic carbocycles. The van der Waals surface area contributed by atoms with Crippen LogP contribution < -0.4 is 0 Å². The fourth-order valence-corrected chi connectivity index (χ4v) is 4.70. The predicted octanol–water partition coefficient (Wildman–Crippen LogP) is 5.99. The first-order valence-corrected chi connectivity index (χ1v) is 10.2. The van der Waals surface area contributed by atoms with Crippen molar-refractivity contribution in [3.63, 3.8) is 0 Å². The third-order valence-electron chi connectivity index (χ3n) is 5.98. The lowest BCUT2D eigenvalue weighted by Crippen LogP contribution is -2.16. The molecule has 1 aliphatic carbocycles. The van der Waals surface area contributed by atoms with Crippen LogP contribution in [-0.4, -0.2) is 21.2 Å². The summed E-state index contributed by atoms with van der Waals surface area (Å²) in [5.74, 6) is 1.01. The number of aromatic nitrogens is 2. The zero-order valence-electron chi connectivity index (χ0n) is 16.8. The Kier molecular flexibility index (Phi) is 4.81. The maximum absolute atomic E-state index is 9.83. The normalized spacial score (nSPS) is 20.5. The number of aryl methyl sites for hydroxylation is 2. The second-order valence-electron chi connectivity index (χ2n) is 8.52. The number of benzene rings is 1. The van der Waals surface area contributed by atoms with Crippen LogP contribution in [0.15, 0.2) is 30.3 Å². The highest BCUT2D eigenvalue weighted by Gasteiger charge is 2.23. The number of hydrogen-bond donors (Lipinski definition) is 2. The minimum absolute atomic E-state index is 0.103. The van der Waals surface area contributed by atoms with Gasteiger partial charge in [-0.25, -0.2) is 0 Å². The van der Waals surface area contributed by atoms with Crippen LogP contribution in [0.3, 0.4) is 0 Å². The van der Waals surface area contributed by atoms with Gasteiger partial charge in [-0.2, -0.15) is 0 Å². The van der Waals surface area contributed by atoms with Gasteiger partial charge in [0.25, 0.3) is 0 Å². The van der Waals surface area contributed by atoms with Crippen molar-refractivity contribution in [3.8, 4) is 11.3 Å². The van der Waals surface area contributed by atoms with Crippen LogP contribution in [0, 0.1) is 13.8 Å². The van der Waals surface area contributed by atoms with Crippen molar-refractivity contribution in [1.29, 1.82) is 0 Å². The van der Waals surface area contributed by atoms with E-state index >= 15 is 0 Å². The van der Waals surface area contributed by atoms with E-state index in [1.54, 1.807) is 0 Å². The summed E-state index contributed by atoms with van der Waals surface area (Å²) in [5, 5.41) is 11.2. The first kappa shape index (κ1) is 18.2. The van der Waals surface area contributed by atoms with Gasteiger partial charge in [0, 0.05) is 27.9 Å². The van der Waals surface area contributed by atoms with Crippen LogP contribution in [0.5, 0.6) is 0 Å². The zero-order valence-corrected chi connectivity index (χ0v) is 16.8. The molecule has 3 aromatic rings. The van der Waals surface area contributed by atoms with E-state index in [2.05, 4.69) is 68.0 Å². The number of rotatable bonds is 3. The second-order valence-corrected chi connectivity index (χ2v) is 8.52. The molecule has 27 heavy (non-hydrogen) atoms. The zero-order chi connectivity index (χ0) is 19.1. The number of aliphatic hydroxyl groups is 1. The second kappa shape index (κ2) is 7.12. The molecule has 0 bridgehead atoms. The lowest BCUT2D eigenvalue weighted by atomic mass is 9.82. The van der Waals surface area contributed by atoms with E-state index in [1.807, 2.05) is 0 Å². The molecule has 0 radical (unpaired) electrons. The monoisotopic (exact) mass is 362 g/mol. The third kappa shape index (κ3) is 3.53. The predicted molar refractivity (Wildman–Crippen MR) is 112 cm³/mol. The topological polar surface area (TPSA) is 48.9 Å². The Hall–Kier alpha value is -2.13. The van der Waals surface area contributed by atoms with E-state index in [0.717, 1.165) is 37.1 Å². The molecule has 0 unspecified atom stereocenters. The van der Waals surface area contributed by atoms with Crippen molar-refractivity contribution in [2.75, 3.05) is 0 Å². The molecule has 2 N–H and O–H groups in total. The maximum Gasteiger partial charge on any atom is 0.0540 e. The van der Waals surface area contributed by atoms with Crippen LogP contribution in [-0.2, 0) is 0 Å². The molecule has 1 saturated carbocycles. The minimum Gasteiger partial charge on any atom is -0.393 e. The van der Waals surface area contributed by atoms with E-state index in [0.29, 0.717) is 11.8 Å². The van der Waals surface area contributed by atoms with Gasteiger partial charge in [0.15, 0.2) is 0 Å². The number of H-pyrrole nitrogens is 1. The SMILES string of the molecule is Cc1cc(-c2[nH]c3ccc(C4CCC(O)CC4)cc3c2C(C)C)cc(C)n1. The molecule has 1 aliphatic rings. The Morgan fingerprint density at radius 2 is 1.67 bits per heavy atom. The lowest BCUT2D eigenvalue weighted by Gasteiger charge is -2.25. The number of nitrogens with zero attached hydrogens (tertiary/aromatic N) is 1. The van der Waals surface area contributed by atoms with Gasteiger partial charge in [0.2, 0.25) is 0 Å². The summed E-state index contributed by atoms with van der Waals surface area (Å²) in [6, 6.07) is 11.3. The van der Waals surface area contributed by atoms with Crippen LogP contribution in [0.1, 0.15) is 73.9 Å². The van der Waals surface area contributed by atoms with Gasteiger partial charge in [-0.3, -0.25) is 4.98 Å². The van der Waals surface area contributed by atoms with Crippen molar-refractivity contribution >= 4 is 10.9 Å². The smallest absolute Gasteiger partial charge is 0.0540 e. The fraction of sp³-hybridized carbons (Fsp3) is 0.458. The Labute approximate surface area is 161 Å². The Bertz CT molecular complexity index is 942. The summed E-state index contributed by atoms with van der Waals surface area (Å²) in [6.45, 7) is 8.67. The molecule has 3 nitrogen and oxygen atoms in total. The van der Waals surface area contributed by atoms with Crippen molar-refractivity contribution < 1.29 is 5.11 Å². The molecular weight excluding hydrogens is 332 g/mol. The first-order chi connectivity index (χ1) is 12.9. The van der Waals surface area contributed by atoms with E-state index in [9.17, 15) is 5.11 Å². The van der Waals surface area contributed by atoms with Crippen LogP contribution in [0.4, 0.5) is 0 Å². The third-order valence-corrected chi connectivity index (χ3v) is 5.98. The van der Waals surface area contributed by atoms with Crippen LogP contribution >= 0.6 is 0 Å². The standard InChI is InChI=1S/C24H30N2O/c1-14(2)23-21-13-18(17-5-8-20(27)9-6-17)7-10-22(21)26-24(23)19-11-15(3)25-16(4)12-19/h7,10-14,17,20,26-27H,5-6,8-9H2,1-4H3. The van der Waals surface area contributed by atoms with E-state index in [1.165, 1.54) is 33.3 Å². The Balaban J connectivity index is 1.83. The van der Waals surface area contributed by atoms with Gasteiger partial charge in [-0.1, -0.05) is 19.9 Å². The van der Waals surface area contributed by atoms with E-state index in [-0.39, 0.29) is 6.10 Å². The summed E-state index contributed by atoms with van der Waals surface area (Å²) >= 11 is 0. The summed E-state index contributed by atoms with van der Waals surface area (Å²) in [6.07, 6.45) is 3.92. The molecular formula is C24H30N2O. The molecule has 0 spiro atoms. The van der Waals surface area contributed by atoms with Crippen LogP contribution in [0.2, 0.25) is 0 Å². The highest BCUT2D eigenvalue weighted by molar-refractivity contribution is 5.92. The Morgan fingerprint density at radius 1 is 1.00 bits per heavy atom. The average molecular weight is 363 g/mol. The molecule has 1 fully saturated rings. The van der Waals surface area contributed by atoms with E-state index < -0.39 is 0 Å². The van der Waals surface area contributed by atoms with Gasteiger partial charge in [-0.05, 0) is 86.8 Å². The van der Waals surface area contributed by atoms with Gasteiger partial charge >= 0.3 is 0 Å². The van der Waals surface area contributed by atoms with Crippen molar-refractivity contribution in [3.05, 3.63) is 52.8 Å². The molecule has 142 valence electrons. The molecule has 0 aliphatic heterocycles. The fourth-order valence-electron chi connectivity index (χ4n) is 4.70. The number of fused-ring (bicyclic) bond motifs is 1. The maximum atomic E-state index is 9.83. The van der Waals surface area contributed by atoms with Crippen molar-refractivity contribution in [2.24, 2.45) is 0 Å². The highest BCUT2D eigenvalue weighted by Crippen LogP contribution is 2.39. The summed E-state index contributed by atoms with van der Waals surface area (Å²) in [7, 11) is 0. The molecule has 0 amide bonds. The average Bonchev–Trinajstić information content (AvgIpc) is 3.00. The molecule has 0 atom stereocenters. The molecule has 0 saturated heterocycles. The molecule has 2 heterocycles. The number of pyridine rings is 1. The number of aromatic amines is 1. The quantitative estimate of drug-likeness (QED) is 0.601. The number of hydrogen-bond acceptors (Lipinski definition) is 2. The highest BCUT2D eigenvalue weighted by atomic mass is 16.3. The molecule has 3 heteroatoms.